The van der Waals surface area contributed by atoms with Gasteiger partial charge in [0.15, 0.2) is 11.5 Å². The molecule has 43 heavy (non-hydrogen) atoms. The first-order valence-corrected chi connectivity index (χ1v) is 15.8. The fraction of sp³-hybridized carbons (Fsp3) is 0.375. The van der Waals surface area contributed by atoms with Crippen molar-refractivity contribution in [2.24, 2.45) is 0 Å². The summed E-state index contributed by atoms with van der Waals surface area (Å²) in [6.45, 7) is 8.75. The average Bonchev–Trinajstić information content (AvgIpc) is 2.95. The number of benzene rings is 3. The van der Waals surface area contributed by atoms with Crippen LogP contribution in [0.15, 0.2) is 65.6 Å². The number of nitrogens with zero attached hydrogens (tertiary/aromatic N) is 2. The van der Waals surface area contributed by atoms with E-state index in [1.165, 1.54) is 37.3 Å². The van der Waals surface area contributed by atoms with Gasteiger partial charge in [0.1, 0.15) is 12.6 Å². The summed E-state index contributed by atoms with van der Waals surface area (Å²) in [5.41, 5.74) is 2.73. The standard InChI is InChI=1S/C32H40ClN3O6S/c1-8-28(32(38)34-21(2)3)35(19-24-9-11-25(33)12-10-24)31(37)20-36(26-16-22(4)15-23(5)17-26)43(39,40)27-13-14-29(41-6)30(18-27)42-7/h9-18,21,28H,8,19-20H2,1-7H3,(H,34,38)/t28-/m1/s1. The predicted molar refractivity (Wildman–Crippen MR) is 169 cm³/mol. The number of nitrogens with one attached hydrogen (secondary N) is 1. The van der Waals surface area contributed by atoms with Crippen molar-refractivity contribution in [2.75, 3.05) is 25.1 Å². The van der Waals surface area contributed by atoms with Crippen molar-refractivity contribution in [1.29, 1.82) is 0 Å². The van der Waals surface area contributed by atoms with Gasteiger partial charge in [0.2, 0.25) is 11.8 Å². The molecule has 1 N–H and O–H groups in total. The summed E-state index contributed by atoms with van der Waals surface area (Å²) >= 11 is 6.08. The van der Waals surface area contributed by atoms with Crippen molar-refractivity contribution >= 4 is 39.1 Å². The fourth-order valence-corrected chi connectivity index (χ4v) is 6.35. The average molecular weight is 630 g/mol. The highest BCUT2D eigenvalue weighted by atomic mass is 35.5. The SMILES string of the molecule is CC[C@H](C(=O)NC(C)C)N(Cc1ccc(Cl)cc1)C(=O)CN(c1cc(C)cc(C)c1)S(=O)(=O)c1ccc(OC)c(OC)c1. The molecule has 0 saturated carbocycles. The van der Waals surface area contributed by atoms with Gasteiger partial charge in [-0.1, -0.05) is 36.7 Å². The molecular formula is C32H40ClN3O6S. The van der Waals surface area contributed by atoms with Gasteiger partial charge in [-0.3, -0.25) is 13.9 Å². The molecule has 0 bridgehead atoms. The lowest BCUT2D eigenvalue weighted by Crippen LogP contribution is -2.53. The van der Waals surface area contributed by atoms with E-state index in [1.807, 2.05) is 40.7 Å². The van der Waals surface area contributed by atoms with Gasteiger partial charge in [-0.25, -0.2) is 8.42 Å². The van der Waals surface area contributed by atoms with E-state index in [-0.39, 0.29) is 29.1 Å². The topological polar surface area (TPSA) is 105 Å². The number of halogens is 1. The maximum Gasteiger partial charge on any atom is 0.264 e. The molecule has 0 fully saturated rings. The molecule has 11 heteroatoms. The molecule has 0 unspecified atom stereocenters. The Balaban J connectivity index is 2.13. The van der Waals surface area contributed by atoms with Crippen LogP contribution in [-0.2, 0) is 26.2 Å². The Morgan fingerprint density at radius 3 is 2.05 bits per heavy atom. The smallest absolute Gasteiger partial charge is 0.264 e. The minimum absolute atomic E-state index is 0.0778. The molecule has 0 aromatic heterocycles. The summed E-state index contributed by atoms with van der Waals surface area (Å²) in [6.07, 6.45) is 0.323. The van der Waals surface area contributed by atoms with E-state index in [2.05, 4.69) is 5.32 Å². The van der Waals surface area contributed by atoms with Gasteiger partial charge in [0.25, 0.3) is 10.0 Å². The third kappa shape index (κ3) is 8.42. The number of rotatable bonds is 13. The number of carbonyl (C=O) groups excluding carboxylic acids is 2. The van der Waals surface area contributed by atoms with Crippen LogP contribution < -0.4 is 19.1 Å². The van der Waals surface area contributed by atoms with Gasteiger partial charge in [-0.2, -0.15) is 0 Å². The van der Waals surface area contributed by atoms with E-state index in [0.29, 0.717) is 22.9 Å². The maximum absolute atomic E-state index is 14.3. The molecule has 0 aliphatic carbocycles. The largest absolute Gasteiger partial charge is 0.493 e. The number of aryl methyl sites for hydroxylation is 2. The minimum Gasteiger partial charge on any atom is -0.493 e. The number of ether oxygens (including phenoxy) is 2. The third-order valence-electron chi connectivity index (χ3n) is 6.80. The minimum atomic E-state index is -4.29. The van der Waals surface area contributed by atoms with Crippen molar-refractivity contribution in [3.8, 4) is 11.5 Å². The number of sulfonamides is 1. The number of carbonyl (C=O) groups is 2. The number of methoxy groups -OCH3 is 2. The third-order valence-corrected chi connectivity index (χ3v) is 8.82. The second-order valence-corrected chi connectivity index (χ2v) is 12.9. The summed E-state index contributed by atoms with van der Waals surface area (Å²) in [5, 5.41) is 3.43. The van der Waals surface area contributed by atoms with E-state index in [9.17, 15) is 18.0 Å². The van der Waals surface area contributed by atoms with Crippen molar-refractivity contribution in [3.05, 3.63) is 82.4 Å². The normalized spacial score (nSPS) is 12.0. The summed E-state index contributed by atoms with van der Waals surface area (Å²) in [4.78, 5) is 28.9. The maximum atomic E-state index is 14.3. The van der Waals surface area contributed by atoms with Gasteiger partial charge in [0.05, 0.1) is 24.8 Å². The molecule has 0 aliphatic rings. The molecular weight excluding hydrogens is 590 g/mol. The van der Waals surface area contributed by atoms with E-state index >= 15 is 0 Å². The molecule has 3 aromatic carbocycles. The number of anilines is 1. The van der Waals surface area contributed by atoms with Crippen LogP contribution >= 0.6 is 11.6 Å². The lowest BCUT2D eigenvalue weighted by molar-refractivity contribution is -0.140. The molecule has 232 valence electrons. The summed E-state index contributed by atoms with van der Waals surface area (Å²) in [7, 11) is -1.41. The fourth-order valence-electron chi connectivity index (χ4n) is 4.81. The summed E-state index contributed by atoms with van der Waals surface area (Å²) in [5.74, 6) is -0.257. The highest BCUT2D eigenvalue weighted by Crippen LogP contribution is 2.33. The Labute approximate surface area is 259 Å². The first kappa shape index (κ1) is 33.7. The van der Waals surface area contributed by atoms with Crippen LogP contribution in [0.4, 0.5) is 5.69 Å². The van der Waals surface area contributed by atoms with E-state index in [0.717, 1.165) is 21.0 Å². The van der Waals surface area contributed by atoms with Crippen LogP contribution in [0.1, 0.15) is 43.9 Å². The Morgan fingerprint density at radius 2 is 1.51 bits per heavy atom. The molecule has 0 aliphatic heterocycles. The number of amides is 2. The lowest BCUT2D eigenvalue weighted by Gasteiger charge is -2.33. The molecule has 2 amide bonds. The van der Waals surface area contributed by atoms with Crippen molar-refractivity contribution in [1.82, 2.24) is 10.2 Å². The molecule has 0 heterocycles. The van der Waals surface area contributed by atoms with Crippen LogP contribution in [-0.4, -0.2) is 58.0 Å². The van der Waals surface area contributed by atoms with Crippen LogP contribution in [0.2, 0.25) is 5.02 Å². The molecule has 0 saturated heterocycles. The molecule has 3 rings (SSSR count). The summed E-state index contributed by atoms with van der Waals surface area (Å²) < 4.78 is 40.2. The van der Waals surface area contributed by atoms with Crippen molar-refractivity contribution < 1.29 is 27.5 Å². The molecule has 1 atom stereocenters. The van der Waals surface area contributed by atoms with E-state index < -0.39 is 28.5 Å². The zero-order valence-corrected chi connectivity index (χ0v) is 27.3. The monoisotopic (exact) mass is 629 g/mol. The van der Waals surface area contributed by atoms with Crippen molar-refractivity contribution in [3.63, 3.8) is 0 Å². The van der Waals surface area contributed by atoms with Gasteiger partial charge in [-0.15, -0.1) is 0 Å². The van der Waals surface area contributed by atoms with Gasteiger partial charge >= 0.3 is 0 Å². The first-order valence-electron chi connectivity index (χ1n) is 14.0. The van der Waals surface area contributed by atoms with Gasteiger partial charge in [0, 0.05) is 23.7 Å². The highest BCUT2D eigenvalue weighted by Gasteiger charge is 2.34. The lowest BCUT2D eigenvalue weighted by atomic mass is 10.1. The predicted octanol–water partition coefficient (Wildman–Crippen LogP) is 5.50. The van der Waals surface area contributed by atoms with Crippen LogP contribution in [0, 0.1) is 13.8 Å². The number of hydrogen-bond donors (Lipinski definition) is 1. The molecule has 9 nitrogen and oxygen atoms in total. The second-order valence-electron chi connectivity index (χ2n) is 10.6. The summed E-state index contributed by atoms with van der Waals surface area (Å²) in [6, 6.07) is 15.6. The van der Waals surface area contributed by atoms with E-state index in [4.69, 9.17) is 21.1 Å². The Bertz CT molecular complexity index is 1520. The van der Waals surface area contributed by atoms with Gasteiger partial charge in [-0.05, 0) is 87.2 Å². The molecule has 0 spiro atoms. The number of hydrogen-bond acceptors (Lipinski definition) is 6. The van der Waals surface area contributed by atoms with E-state index in [1.54, 1.807) is 36.4 Å². The van der Waals surface area contributed by atoms with Crippen molar-refractivity contribution in [2.45, 2.75) is 64.6 Å². The molecule has 3 aromatic rings. The second kappa shape index (κ2) is 14.6. The van der Waals surface area contributed by atoms with Crippen LogP contribution in [0.5, 0.6) is 11.5 Å². The highest BCUT2D eigenvalue weighted by molar-refractivity contribution is 7.92. The first-order chi connectivity index (χ1) is 20.3. The molecule has 0 radical (unpaired) electrons. The Hall–Kier alpha value is -3.76. The van der Waals surface area contributed by atoms with Gasteiger partial charge < -0.3 is 19.7 Å². The van der Waals surface area contributed by atoms with Crippen LogP contribution in [0.3, 0.4) is 0 Å². The van der Waals surface area contributed by atoms with Crippen LogP contribution in [0.25, 0.3) is 0 Å². The zero-order chi connectivity index (χ0) is 31.9. The quantitative estimate of drug-likeness (QED) is 0.268. The Morgan fingerprint density at radius 1 is 0.907 bits per heavy atom. The zero-order valence-electron chi connectivity index (χ0n) is 25.7. The Kier molecular flexibility index (Phi) is 11.5.